The first-order chi connectivity index (χ1) is 14.9. The molecule has 0 saturated heterocycles. The lowest BCUT2D eigenvalue weighted by Crippen LogP contribution is -2.20. The molecule has 0 amide bonds. The molecule has 31 heavy (non-hydrogen) atoms. The predicted molar refractivity (Wildman–Crippen MR) is 110 cm³/mol. The molecule has 0 spiro atoms. The van der Waals surface area contributed by atoms with E-state index >= 15 is 0 Å². The molecule has 0 atom stereocenters. The van der Waals surface area contributed by atoms with Gasteiger partial charge in [0.1, 0.15) is 0 Å². The van der Waals surface area contributed by atoms with Gasteiger partial charge in [0.25, 0.3) is 5.56 Å². The topological polar surface area (TPSA) is 58.7 Å². The Morgan fingerprint density at radius 2 is 1.61 bits per heavy atom. The Bertz CT molecular complexity index is 1340. The molecule has 7 heteroatoms. The number of hydrogen-bond acceptors (Lipinski definition) is 3. The second kappa shape index (κ2) is 7.92. The minimum Gasteiger partial charge on any atom is -0.283 e. The highest BCUT2D eigenvalue weighted by Crippen LogP contribution is 2.30. The molecule has 2 aromatic carbocycles. The van der Waals surface area contributed by atoms with Crippen molar-refractivity contribution in [2.75, 3.05) is 0 Å². The highest BCUT2D eigenvalue weighted by molar-refractivity contribution is 5.74. The van der Waals surface area contributed by atoms with Crippen LogP contribution in [-0.2, 0) is 6.18 Å². The quantitative estimate of drug-likeness (QED) is 0.445. The number of benzene rings is 2. The maximum Gasteiger partial charge on any atom is 0.416 e. The van der Waals surface area contributed by atoms with E-state index in [2.05, 4.69) is 11.1 Å². The molecule has 0 unspecified atom stereocenters. The van der Waals surface area contributed by atoms with E-state index in [4.69, 9.17) is 0 Å². The zero-order chi connectivity index (χ0) is 22.0. The van der Waals surface area contributed by atoms with E-state index in [1.165, 1.54) is 22.9 Å². The lowest BCUT2D eigenvalue weighted by molar-refractivity contribution is -0.137. The van der Waals surface area contributed by atoms with Crippen LogP contribution in [0.5, 0.6) is 0 Å². The fraction of sp³-hybridized carbons (Fsp3) is 0.0417. The van der Waals surface area contributed by atoms with Gasteiger partial charge in [-0.2, -0.15) is 18.4 Å². The highest BCUT2D eigenvalue weighted by Gasteiger charge is 2.30. The van der Waals surface area contributed by atoms with Crippen molar-refractivity contribution < 1.29 is 13.2 Å². The van der Waals surface area contributed by atoms with Gasteiger partial charge in [0.15, 0.2) is 0 Å². The van der Waals surface area contributed by atoms with Crippen LogP contribution in [0.3, 0.4) is 0 Å². The Labute approximate surface area is 175 Å². The number of aromatic nitrogens is 2. The smallest absolute Gasteiger partial charge is 0.283 e. The third-order valence-corrected chi connectivity index (χ3v) is 4.79. The summed E-state index contributed by atoms with van der Waals surface area (Å²) < 4.78 is 40.1. The van der Waals surface area contributed by atoms with Crippen LogP contribution in [0.25, 0.3) is 28.1 Å². The molecule has 4 aromatic rings. The van der Waals surface area contributed by atoms with Gasteiger partial charge in [-0.3, -0.25) is 14.3 Å². The summed E-state index contributed by atoms with van der Waals surface area (Å²) in [5.74, 6) is 0. The second-order valence-corrected chi connectivity index (χ2v) is 6.73. The Morgan fingerprint density at radius 3 is 2.26 bits per heavy atom. The number of halogens is 3. The van der Waals surface area contributed by atoms with E-state index in [0.717, 1.165) is 12.1 Å². The molecule has 2 heterocycles. The fourth-order valence-corrected chi connectivity index (χ4v) is 3.27. The number of pyridine rings is 2. The first kappa shape index (κ1) is 20.1. The van der Waals surface area contributed by atoms with Crippen molar-refractivity contribution in [3.05, 3.63) is 107 Å². The van der Waals surface area contributed by atoms with E-state index in [1.807, 2.05) is 0 Å². The molecule has 0 aliphatic heterocycles. The van der Waals surface area contributed by atoms with Crippen molar-refractivity contribution in [3.8, 4) is 34.1 Å². The van der Waals surface area contributed by atoms with E-state index in [-0.39, 0.29) is 11.3 Å². The van der Waals surface area contributed by atoms with Gasteiger partial charge in [0.2, 0.25) is 0 Å². The molecule has 2 aromatic heterocycles. The monoisotopic (exact) mass is 417 g/mol. The van der Waals surface area contributed by atoms with Gasteiger partial charge in [-0.05, 0) is 48.5 Å². The summed E-state index contributed by atoms with van der Waals surface area (Å²) in [5, 5.41) is 9.47. The van der Waals surface area contributed by atoms with Crippen LogP contribution in [0.1, 0.15) is 11.1 Å². The van der Waals surface area contributed by atoms with E-state index in [1.54, 1.807) is 54.7 Å². The van der Waals surface area contributed by atoms with Crippen LogP contribution >= 0.6 is 0 Å². The molecule has 4 rings (SSSR count). The van der Waals surface area contributed by atoms with Crippen LogP contribution in [0.4, 0.5) is 13.2 Å². The summed E-state index contributed by atoms with van der Waals surface area (Å²) in [4.78, 5) is 17.6. The summed E-state index contributed by atoms with van der Waals surface area (Å²) in [6, 6.07) is 20.0. The first-order valence-corrected chi connectivity index (χ1v) is 9.24. The van der Waals surface area contributed by atoms with Gasteiger partial charge < -0.3 is 0 Å². The summed E-state index contributed by atoms with van der Waals surface area (Å²) in [5.41, 5.74) is 1.18. The summed E-state index contributed by atoms with van der Waals surface area (Å²) in [6.45, 7) is 0. The van der Waals surface area contributed by atoms with Crippen molar-refractivity contribution in [1.29, 1.82) is 5.26 Å². The molecule has 0 saturated carbocycles. The largest absolute Gasteiger partial charge is 0.416 e. The summed E-state index contributed by atoms with van der Waals surface area (Å²) in [7, 11) is 0. The number of nitrogens with zero attached hydrogens (tertiary/aromatic N) is 3. The normalized spacial score (nSPS) is 11.2. The van der Waals surface area contributed by atoms with E-state index in [0.29, 0.717) is 22.4 Å². The molecule has 0 aliphatic rings. The number of rotatable bonds is 3. The molecular formula is C24H14F3N3O. The zero-order valence-electron chi connectivity index (χ0n) is 16.0. The van der Waals surface area contributed by atoms with Crippen LogP contribution in [0, 0.1) is 11.3 Å². The predicted octanol–water partition coefficient (Wildman–Crippen LogP) is 5.46. The Balaban J connectivity index is 1.97. The van der Waals surface area contributed by atoms with Crippen molar-refractivity contribution in [3.63, 3.8) is 0 Å². The van der Waals surface area contributed by atoms with E-state index < -0.39 is 17.3 Å². The van der Waals surface area contributed by atoms with Crippen LogP contribution in [-0.4, -0.2) is 9.55 Å². The van der Waals surface area contributed by atoms with Gasteiger partial charge in [-0.15, -0.1) is 0 Å². The minimum atomic E-state index is -4.48. The zero-order valence-corrected chi connectivity index (χ0v) is 16.0. The fourth-order valence-electron chi connectivity index (χ4n) is 3.27. The second-order valence-electron chi connectivity index (χ2n) is 6.73. The molecular weight excluding hydrogens is 403 g/mol. The Morgan fingerprint density at radius 1 is 0.903 bits per heavy atom. The average molecular weight is 417 g/mol. The third kappa shape index (κ3) is 3.96. The average Bonchev–Trinajstić information content (AvgIpc) is 2.79. The molecule has 0 fully saturated rings. The van der Waals surface area contributed by atoms with Gasteiger partial charge in [0, 0.05) is 34.8 Å². The SMILES string of the molecule is N#Cc1ccccc1-c1cc(-c2ccccn2)cn(-c2ccc(C(F)(F)F)cc2)c1=O. The number of nitriles is 1. The number of hydrogen-bond donors (Lipinski definition) is 0. The van der Waals surface area contributed by atoms with Crippen LogP contribution < -0.4 is 5.56 Å². The Kier molecular flexibility index (Phi) is 5.14. The third-order valence-electron chi connectivity index (χ3n) is 4.79. The molecule has 0 radical (unpaired) electrons. The Hall–Kier alpha value is -4.18. The van der Waals surface area contributed by atoms with Gasteiger partial charge in [-0.25, -0.2) is 0 Å². The first-order valence-electron chi connectivity index (χ1n) is 9.24. The maximum atomic E-state index is 13.3. The van der Waals surface area contributed by atoms with Gasteiger partial charge in [-0.1, -0.05) is 24.3 Å². The van der Waals surface area contributed by atoms with Crippen LogP contribution in [0.15, 0.2) is 90.0 Å². The summed E-state index contributed by atoms with van der Waals surface area (Å²) in [6.07, 6.45) is -1.34. The summed E-state index contributed by atoms with van der Waals surface area (Å²) >= 11 is 0. The maximum absolute atomic E-state index is 13.3. The lowest BCUT2D eigenvalue weighted by Gasteiger charge is -2.14. The van der Waals surface area contributed by atoms with Gasteiger partial charge in [0.05, 0.1) is 22.9 Å². The van der Waals surface area contributed by atoms with Crippen molar-refractivity contribution in [2.24, 2.45) is 0 Å². The molecule has 0 N–H and O–H groups in total. The lowest BCUT2D eigenvalue weighted by atomic mass is 9.99. The van der Waals surface area contributed by atoms with Crippen LogP contribution in [0.2, 0.25) is 0 Å². The van der Waals surface area contributed by atoms with Crippen molar-refractivity contribution >= 4 is 0 Å². The molecule has 0 bridgehead atoms. The molecule has 4 nitrogen and oxygen atoms in total. The van der Waals surface area contributed by atoms with Crippen molar-refractivity contribution in [2.45, 2.75) is 6.18 Å². The number of alkyl halides is 3. The standard InChI is InChI=1S/C24H14F3N3O/c25-24(26,27)18-8-10-19(11-9-18)30-15-17(22-7-3-4-12-29-22)13-21(23(30)31)20-6-2-1-5-16(20)14-28/h1-13,15H. The van der Waals surface area contributed by atoms with Crippen molar-refractivity contribution in [1.82, 2.24) is 9.55 Å². The van der Waals surface area contributed by atoms with E-state index in [9.17, 15) is 23.2 Å². The minimum absolute atomic E-state index is 0.250. The highest BCUT2D eigenvalue weighted by atomic mass is 19.4. The molecule has 152 valence electrons. The van der Waals surface area contributed by atoms with Gasteiger partial charge >= 0.3 is 6.18 Å². The molecule has 0 aliphatic carbocycles.